The number of pyridine rings is 1. The Labute approximate surface area is 176 Å². The third-order valence-corrected chi connectivity index (χ3v) is 5.28. The maximum absolute atomic E-state index is 12.5. The van der Waals surface area contributed by atoms with E-state index in [1.807, 2.05) is 0 Å². The summed E-state index contributed by atoms with van der Waals surface area (Å²) >= 11 is 12.1. The third kappa shape index (κ3) is 3.47. The lowest BCUT2D eigenvalue weighted by Crippen LogP contribution is -2.48. The van der Waals surface area contributed by atoms with Crippen LogP contribution < -0.4 is 5.32 Å². The minimum atomic E-state index is -0.920. The van der Waals surface area contributed by atoms with Crippen LogP contribution in [0.15, 0.2) is 42.7 Å². The van der Waals surface area contributed by atoms with E-state index in [0.29, 0.717) is 39.8 Å². The molecule has 1 unspecified atom stereocenters. The van der Waals surface area contributed by atoms with Crippen LogP contribution >= 0.6 is 23.2 Å². The van der Waals surface area contributed by atoms with Crippen LogP contribution in [-0.4, -0.2) is 44.6 Å². The summed E-state index contributed by atoms with van der Waals surface area (Å²) in [5.41, 5.74) is 1.94. The van der Waals surface area contributed by atoms with Gasteiger partial charge in [0.25, 0.3) is 11.8 Å². The van der Waals surface area contributed by atoms with Gasteiger partial charge in [0.1, 0.15) is 6.04 Å². The second kappa shape index (κ2) is 7.50. The molecule has 1 aliphatic rings. The fraction of sp³-hybridized carbons (Fsp3) is 0.200. The quantitative estimate of drug-likeness (QED) is 0.630. The number of hydrogen-bond acceptors (Lipinski definition) is 4. The number of aromatic nitrogens is 2. The van der Waals surface area contributed by atoms with Crippen molar-refractivity contribution in [2.24, 2.45) is 0 Å². The zero-order chi connectivity index (χ0) is 20.7. The zero-order valence-corrected chi connectivity index (χ0v) is 16.9. The lowest BCUT2D eigenvalue weighted by Gasteiger charge is -2.21. The van der Waals surface area contributed by atoms with Crippen LogP contribution in [0.3, 0.4) is 0 Å². The molecule has 0 saturated carbocycles. The molecule has 0 spiro atoms. The number of nitrogens with one attached hydrogen (secondary N) is 1. The smallest absolute Gasteiger partial charge is 0.262 e. The maximum atomic E-state index is 12.5. The number of imidazole rings is 1. The Hall–Kier alpha value is -2.90. The summed E-state index contributed by atoms with van der Waals surface area (Å²) in [6, 6.07) is 7.23. The largest absolute Gasteiger partial charge is 0.354 e. The van der Waals surface area contributed by atoms with Gasteiger partial charge in [0.15, 0.2) is 5.65 Å². The van der Waals surface area contributed by atoms with Crippen molar-refractivity contribution in [2.75, 3.05) is 6.54 Å². The molecule has 0 fully saturated rings. The van der Waals surface area contributed by atoms with Crippen molar-refractivity contribution in [2.45, 2.75) is 19.4 Å². The molecule has 3 heterocycles. The van der Waals surface area contributed by atoms with Crippen molar-refractivity contribution in [3.63, 3.8) is 0 Å². The average Bonchev–Trinajstić information content (AvgIpc) is 3.20. The summed E-state index contributed by atoms with van der Waals surface area (Å²) in [6.45, 7) is 1.82. The van der Waals surface area contributed by atoms with Gasteiger partial charge < -0.3 is 9.72 Å². The van der Waals surface area contributed by atoms with Crippen molar-refractivity contribution in [1.82, 2.24) is 19.6 Å². The predicted octanol–water partition coefficient (Wildman–Crippen LogP) is 2.98. The number of imide groups is 1. The maximum Gasteiger partial charge on any atom is 0.262 e. The third-order valence-electron chi connectivity index (χ3n) is 4.80. The summed E-state index contributed by atoms with van der Waals surface area (Å²) < 4.78 is 1.73. The second-order valence-electron chi connectivity index (χ2n) is 6.71. The van der Waals surface area contributed by atoms with Crippen LogP contribution in [0.25, 0.3) is 5.65 Å². The fourth-order valence-corrected chi connectivity index (χ4v) is 3.86. The molecule has 1 aromatic carbocycles. The Kier molecular flexibility index (Phi) is 5.02. The lowest BCUT2D eigenvalue weighted by atomic mass is 10.1. The molecule has 0 saturated heterocycles. The first-order chi connectivity index (χ1) is 13.9. The summed E-state index contributed by atoms with van der Waals surface area (Å²) in [7, 11) is 0. The number of hydrogen-bond donors (Lipinski definition) is 1. The summed E-state index contributed by atoms with van der Waals surface area (Å²) in [5.74, 6) is -1.33. The van der Waals surface area contributed by atoms with Crippen LogP contribution in [0.4, 0.5) is 0 Å². The summed E-state index contributed by atoms with van der Waals surface area (Å²) in [6.07, 6.45) is 3.94. The van der Waals surface area contributed by atoms with Crippen LogP contribution in [0.1, 0.15) is 33.3 Å². The van der Waals surface area contributed by atoms with E-state index in [0.717, 1.165) is 10.6 Å². The molecule has 0 aliphatic carbocycles. The number of fused-ring (bicyclic) bond motifs is 2. The monoisotopic (exact) mass is 430 g/mol. The van der Waals surface area contributed by atoms with Gasteiger partial charge in [-0.2, -0.15) is 0 Å². The molecule has 29 heavy (non-hydrogen) atoms. The number of carbonyl (C=O) groups excluding carboxylic acids is 3. The standard InChI is InChI=1S/C20H16Cl2N4O3/c1-11(26-19(28)14-4-2-3-5-15(14)20(26)29)18(27)23-7-6-13-10-25-9-12(21)8-16(22)17(25)24-13/h2-5,8-11H,6-7H2,1H3,(H,23,27). The first-order valence-corrected chi connectivity index (χ1v) is 9.69. The Morgan fingerprint density at radius 2 is 1.79 bits per heavy atom. The van der Waals surface area contributed by atoms with Gasteiger partial charge in [0, 0.05) is 25.4 Å². The van der Waals surface area contributed by atoms with E-state index in [1.54, 1.807) is 47.1 Å². The van der Waals surface area contributed by atoms with Crippen LogP contribution in [-0.2, 0) is 11.2 Å². The van der Waals surface area contributed by atoms with Gasteiger partial charge in [0.05, 0.1) is 26.9 Å². The average molecular weight is 431 g/mol. The molecule has 9 heteroatoms. The molecule has 3 amide bonds. The minimum absolute atomic E-state index is 0.293. The lowest BCUT2D eigenvalue weighted by molar-refractivity contribution is -0.124. The highest BCUT2D eigenvalue weighted by atomic mass is 35.5. The highest BCUT2D eigenvalue weighted by Crippen LogP contribution is 2.24. The number of halogens is 2. The van der Waals surface area contributed by atoms with Gasteiger partial charge in [-0.25, -0.2) is 4.98 Å². The first-order valence-electron chi connectivity index (χ1n) is 8.94. The van der Waals surface area contributed by atoms with Gasteiger partial charge in [-0.15, -0.1) is 0 Å². The number of rotatable bonds is 5. The molecule has 4 rings (SSSR count). The molecule has 7 nitrogen and oxygen atoms in total. The van der Waals surface area contributed by atoms with Gasteiger partial charge in [0.2, 0.25) is 5.91 Å². The van der Waals surface area contributed by atoms with Crippen LogP contribution in [0.5, 0.6) is 0 Å². The van der Waals surface area contributed by atoms with E-state index in [9.17, 15) is 14.4 Å². The fourth-order valence-electron chi connectivity index (χ4n) is 3.33. The molecule has 1 atom stereocenters. The van der Waals surface area contributed by atoms with E-state index in [1.165, 1.54) is 6.92 Å². The van der Waals surface area contributed by atoms with Gasteiger partial charge in [-0.1, -0.05) is 35.3 Å². The number of amides is 3. The topological polar surface area (TPSA) is 83.8 Å². The molecule has 1 N–H and O–H groups in total. The van der Waals surface area contributed by atoms with E-state index < -0.39 is 23.8 Å². The van der Waals surface area contributed by atoms with Crippen molar-refractivity contribution in [1.29, 1.82) is 0 Å². The molecular formula is C20H16Cl2N4O3. The van der Waals surface area contributed by atoms with Crippen molar-refractivity contribution in [3.8, 4) is 0 Å². The van der Waals surface area contributed by atoms with Gasteiger partial charge in [-0.3, -0.25) is 19.3 Å². The van der Waals surface area contributed by atoms with E-state index in [-0.39, 0.29) is 0 Å². The highest BCUT2D eigenvalue weighted by Gasteiger charge is 2.40. The molecule has 0 bridgehead atoms. The predicted molar refractivity (Wildman–Crippen MR) is 108 cm³/mol. The second-order valence-corrected chi connectivity index (χ2v) is 7.56. The molecule has 1 aliphatic heterocycles. The van der Waals surface area contributed by atoms with Crippen LogP contribution in [0, 0.1) is 0 Å². The summed E-state index contributed by atoms with van der Waals surface area (Å²) in [5, 5.41) is 3.68. The van der Waals surface area contributed by atoms with Crippen LogP contribution in [0.2, 0.25) is 10.0 Å². The SMILES string of the molecule is CC(C(=O)NCCc1cn2cc(Cl)cc(Cl)c2n1)N1C(=O)c2ccccc2C1=O. The Bertz CT molecular complexity index is 1120. The van der Waals surface area contributed by atoms with E-state index >= 15 is 0 Å². The van der Waals surface area contributed by atoms with Crippen molar-refractivity contribution in [3.05, 3.63) is 69.6 Å². The van der Waals surface area contributed by atoms with Gasteiger partial charge >= 0.3 is 0 Å². The molecule has 148 valence electrons. The van der Waals surface area contributed by atoms with Crippen molar-refractivity contribution < 1.29 is 14.4 Å². The molecule has 0 radical (unpaired) electrons. The normalized spacial score (nSPS) is 14.4. The number of carbonyl (C=O) groups is 3. The van der Waals surface area contributed by atoms with E-state index in [4.69, 9.17) is 23.2 Å². The summed E-state index contributed by atoms with van der Waals surface area (Å²) in [4.78, 5) is 42.9. The zero-order valence-electron chi connectivity index (χ0n) is 15.4. The Balaban J connectivity index is 1.40. The van der Waals surface area contributed by atoms with E-state index in [2.05, 4.69) is 10.3 Å². The highest BCUT2D eigenvalue weighted by molar-refractivity contribution is 6.36. The molecule has 2 aromatic heterocycles. The number of benzene rings is 1. The van der Waals surface area contributed by atoms with Gasteiger partial charge in [-0.05, 0) is 25.1 Å². The Morgan fingerprint density at radius 3 is 2.45 bits per heavy atom. The van der Waals surface area contributed by atoms with Crippen molar-refractivity contribution >= 4 is 46.6 Å². The number of nitrogens with zero attached hydrogens (tertiary/aromatic N) is 3. The first kappa shape index (κ1) is 19.4. The minimum Gasteiger partial charge on any atom is -0.354 e. The molecular weight excluding hydrogens is 415 g/mol. The Morgan fingerprint density at radius 1 is 1.14 bits per heavy atom. The molecule has 3 aromatic rings.